The monoisotopic (exact) mass is 566 g/mol. The van der Waals surface area contributed by atoms with Crippen molar-refractivity contribution in [3.8, 4) is 0 Å². The van der Waals surface area contributed by atoms with Gasteiger partial charge in [-0.3, -0.25) is 0 Å². The molecule has 226 valence electrons. The van der Waals surface area contributed by atoms with E-state index in [1.807, 2.05) is 0 Å². The maximum absolute atomic E-state index is 2.45. The van der Waals surface area contributed by atoms with Gasteiger partial charge in [-0.2, -0.15) is 0 Å². The Morgan fingerprint density at radius 2 is 0.690 bits per heavy atom. The second-order valence-corrected chi connectivity index (χ2v) is 10.5. The van der Waals surface area contributed by atoms with Crippen LogP contribution in [0.15, 0.2) is 60.7 Å². The number of nitrogens with zero attached hydrogens (tertiary/aromatic N) is 4. The molecule has 0 saturated carbocycles. The van der Waals surface area contributed by atoms with E-state index >= 15 is 0 Å². The van der Waals surface area contributed by atoms with Crippen LogP contribution in [0.3, 0.4) is 0 Å². The minimum atomic E-state index is 0.994. The Labute approximate surface area is 257 Å². The molecule has 3 aromatic rings. The summed E-state index contributed by atoms with van der Waals surface area (Å²) >= 11 is 0. The Morgan fingerprint density at radius 1 is 0.381 bits per heavy atom. The first-order chi connectivity index (χ1) is 20.5. The van der Waals surface area contributed by atoms with Crippen LogP contribution in [0.25, 0.3) is 24.3 Å². The van der Waals surface area contributed by atoms with Crippen LogP contribution in [0.4, 0.5) is 22.7 Å². The standard InChI is InChI=1S/C38H54N4/c1-9-39(10-2)35-27-25-33(37(29-35)41(13-5)14-6)23-21-31-17-19-32(20-18-31)22-24-34-26-28-36(40(11-3)12-4)30-38(34)42(15-7)16-8/h17-30H,9-16H2,1-8H3. The van der Waals surface area contributed by atoms with E-state index in [9.17, 15) is 0 Å². The topological polar surface area (TPSA) is 13.0 Å². The Hall–Kier alpha value is -3.66. The Morgan fingerprint density at radius 3 is 0.976 bits per heavy atom. The van der Waals surface area contributed by atoms with Crippen LogP contribution in [0.5, 0.6) is 0 Å². The molecule has 42 heavy (non-hydrogen) atoms. The molecule has 0 aliphatic carbocycles. The number of hydrogen-bond donors (Lipinski definition) is 0. The molecule has 3 rings (SSSR count). The van der Waals surface area contributed by atoms with Crippen LogP contribution in [0, 0.1) is 0 Å². The molecule has 0 amide bonds. The second kappa shape index (κ2) is 16.7. The molecule has 3 aromatic carbocycles. The van der Waals surface area contributed by atoms with Crippen molar-refractivity contribution < 1.29 is 0 Å². The van der Waals surface area contributed by atoms with Crippen LogP contribution in [-0.4, -0.2) is 52.4 Å². The molecule has 4 heteroatoms. The molecule has 0 bridgehead atoms. The minimum absolute atomic E-state index is 0.994. The summed E-state index contributed by atoms with van der Waals surface area (Å²) in [5.41, 5.74) is 10.1. The van der Waals surface area contributed by atoms with Crippen molar-refractivity contribution in [2.45, 2.75) is 55.4 Å². The molecule has 0 radical (unpaired) electrons. The highest BCUT2D eigenvalue weighted by molar-refractivity contribution is 5.82. The van der Waals surface area contributed by atoms with Gasteiger partial charge in [-0.15, -0.1) is 0 Å². The first-order valence-corrected chi connectivity index (χ1v) is 16.2. The second-order valence-electron chi connectivity index (χ2n) is 10.5. The van der Waals surface area contributed by atoms with Crippen molar-refractivity contribution in [1.29, 1.82) is 0 Å². The van der Waals surface area contributed by atoms with Gasteiger partial charge < -0.3 is 19.6 Å². The summed E-state index contributed by atoms with van der Waals surface area (Å²) < 4.78 is 0. The lowest BCUT2D eigenvalue weighted by Gasteiger charge is -2.27. The maximum atomic E-state index is 2.45. The van der Waals surface area contributed by atoms with E-state index in [-0.39, 0.29) is 0 Å². The maximum Gasteiger partial charge on any atom is 0.0460 e. The minimum Gasteiger partial charge on any atom is -0.372 e. The normalized spacial score (nSPS) is 11.4. The molecular weight excluding hydrogens is 512 g/mol. The highest BCUT2D eigenvalue weighted by Gasteiger charge is 2.12. The van der Waals surface area contributed by atoms with Crippen LogP contribution in [0.2, 0.25) is 0 Å². The lowest BCUT2D eigenvalue weighted by molar-refractivity contribution is 0.851. The first kappa shape index (κ1) is 32.8. The fraction of sp³-hybridized carbons (Fsp3) is 0.421. The molecule has 0 aliphatic rings. The Balaban J connectivity index is 1.84. The summed E-state index contributed by atoms with van der Waals surface area (Å²) in [6.07, 6.45) is 8.99. The highest BCUT2D eigenvalue weighted by Crippen LogP contribution is 2.30. The quantitative estimate of drug-likeness (QED) is 0.160. The molecule has 0 saturated heterocycles. The van der Waals surface area contributed by atoms with Crippen molar-refractivity contribution in [3.05, 3.63) is 82.9 Å². The summed E-state index contributed by atoms with van der Waals surface area (Å²) in [5, 5.41) is 0. The van der Waals surface area contributed by atoms with Gasteiger partial charge in [0, 0.05) is 75.1 Å². The van der Waals surface area contributed by atoms with Gasteiger partial charge in [-0.05, 0) is 102 Å². The van der Waals surface area contributed by atoms with Crippen molar-refractivity contribution in [1.82, 2.24) is 0 Å². The van der Waals surface area contributed by atoms with Gasteiger partial charge in [-0.25, -0.2) is 0 Å². The van der Waals surface area contributed by atoms with E-state index in [0.717, 1.165) is 52.4 Å². The van der Waals surface area contributed by atoms with Crippen molar-refractivity contribution in [2.75, 3.05) is 72.0 Å². The van der Waals surface area contributed by atoms with E-state index in [1.165, 1.54) is 45.0 Å². The van der Waals surface area contributed by atoms with Gasteiger partial charge in [0.2, 0.25) is 0 Å². The molecule has 0 N–H and O–H groups in total. The van der Waals surface area contributed by atoms with Crippen LogP contribution in [0.1, 0.15) is 77.6 Å². The molecule has 4 nitrogen and oxygen atoms in total. The van der Waals surface area contributed by atoms with E-state index in [4.69, 9.17) is 0 Å². The molecule has 0 aliphatic heterocycles. The van der Waals surface area contributed by atoms with Crippen LogP contribution >= 0.6 is 0 Å². The highest BCUT2D eigenvalue weighted by atomic mass is 15.1. The third-order valence-corrected chi connectivity index (χ3v) is 8.34. The van der Waals surface area contributed by atoms with E-state index in [1.54, 1.807) is 0 Å². The number of hydrogen-bond acceptors (Lipinski definition) is 4. The Kier molecular flexibility index (Phi) is 13.1. The number of benzene rings is 3. The summed E-state index contributed by atoms with van der Waals surface area (Å²) in [5.74, 6) is 0. The van der Waals surface area contributed by atoms with E-state index < -0.39 is 0 Å². The number of rotatable bonds is 16. The summed E-state index contributed by atoms with van der Waals surface area (Å²) in [6.45, 7) is 25.9. The third kappa shape index (κ3) is 8.21. The molecule has 0 fully saturated rings. The lowest BCUT2D eigenvalue weighted by atomic mass is 10.1. The summed E-state index contributed by atoms with van der Waals surface area (Å²) in [7, 11) is 0. The average molecular weight is 567 g/mol. The zero-order chi connectivity index (χ0) is 30.5. The molecular formula is C38H54N4. The van der Waals surface area contributed by atoms with E-state index in [2.05, 4.69) is 160 Å². The molecule has 0 unspecified atom stereocenters. The molecule has 0 heterocycles. The summed E-state index contributed by atoms with van der Waals surface area (Å²) in [4.78, 5) is 9.72. The fourth-order valence-electron chi connectivity index (χ4n) is 5.68. The van der Waals surface area contributed by atoms with Gasteiger partial charge in [0.1, 0.15) is 0 Å². The largest absolute Gasteiger partial charge is 0.372 e. The SMILES string of the molecule is CCN(CC)c1ccc(C=Cc2ccc(C=Cc3ccc(N(CC)CC)cc3N(CC)CC)cc2)c(N(CC)CC)c1. The summed E-state index contributed by atoms with van der Waals surface area (Å²) in [6, 6.07) is 22.6. The van der Waals surface area contributed by atoms with Crippen molar-refractivity contribution in [2.24, 2.45) is 0 Å². The smallest absolute Gasteiger partial charge is 0.0460 e. The van der Waals surface area contributed by atoms with Gasteiger partial charge in [0.25, 0.3) is 0 Å². The molecule has 0 spiro atoms. The van der Waals surface area contributed by atoms with Crippen molar-refractivity contribution >= 4 is 47.1 Å². The van der Waals surface area contributed by atoms with Crippen LogP contribution in [-0.2, 0) is 0 Å². The first-order valence-electron chi connectivity index (χ1n) is 16.2. The van der Waals surface area contributed by atoms with Crippen molar-refractivity contribution in [3.63, 3.8) is 0 Å². The molecule has 0 atom stereocenters. The molecule has 0 aromatic heterocycles. The number of anilines is 4. The van der Waals surface area contributed by atoms with Gasteiger partial charge in [-0.1, -0.05) is 60.7 Å². The zero-order valence-electron chi connectivity index (χ0n) is 27.5. The lowest BCUT2D eigenvalue weighted by Crippen LogP contribution is -2.25. The van der Waals surface area contributed by atoms with E-state index in [0.29, 0.717) is 0 Å². The third-order valence-electron chi connectivity index (χ3n) is 8.34. The van der Waals surface area contributed by atoms with Gasteiger partial charge in [0.05, 0.1) is 0 Å². The van der Waals surface area contributed by atoms with Gasteiger partial charge in [0.15, 0.2) is 0 Å². The van der Waals surface area contributed by atoms with Crippen LogP contribution < -0.4 is 19.6 Å². The van der Waals surface area contributed by atoms with Gasteiger partial charge >= 0.3 is 0 Å². The fourth-order valence-corrected chi connectivity index (χ4v) is 5.68. The zero-order valence-corrected chi connectivity index (χ0v) is 27.5. The average Bonchev–Trinajstić information content (AvgIpc) is 3.03. The predicted octanol–water partition coefficient (Wildman–Crippen LogP) is 9.41. The predicted molar refractivity (Wildman–Crippen MR) is 191 cm³/mol. The Bertz CT molecular complexity index is 1170.